The fourth-order valence-electron chi connectivity index (χ4n) is 1.72. The summed E-state index contributed by atoms with van der Waals surface area (Å²) in [7, 11) is 0. The molecule has 0 N–H and O–H groups in total. The average molecular weight is 255 g/mol. The van der Waals surface area contributed by atoms with Gasteiger partial charge in [0.1, 0.15) is 11.0 Å². The van der Waals surface area contributed by atoms with Crippen molar-refractivity contribution >= 4 is 11.6 Å². The van der Waals surface area contributed by atoms with Crippen molar-refractivity contribution in [2.45, 2.75) is 51.4 Å². The molecule has 1 heterocycles. The zero-order valence-corrected chi connectivity index (χ0v) is 11.0. The van der Waals surface area contributed by atoms with E-state index in [0.717, 1.165) is 18.9 Å². The van der Waals surface area contributed by atoms with Gasteiger partial charge in [0.05, 0.1) is 6.61 Å². The van der Waals surface area contributed by atoms with Crippen LogP contribution in [0.15, 0.2) is 6.07 Å². The lowest BCUT2D eigenvalue weighted by Gasteiger charge is -2.06. The van der Waals surface area contributed by atoms with Crippen LogP contribution in [0, 0.1) is 0 Å². The summed E-state index contributed by atoms with van der Waals surface area (Å²) in [6, 6.07) is 1.70. The smallest absolute Gasteiger partial charge is 0.218 e. The first-order valence-electron chi connectivity index (χ1n) is 6.47. The molecule has 1 aromatic heterocycles. The molecule has 0 atom stereocenters. The van der Waals surface area contributed by atoms with E-state index < -0.39 is 0 Å². The molecule has 94 valence electrons. The van der Waals surface area contributed by atoms with Crippen LogP contribution in [0.2, 0.25) is 5.15 Å². The van der Waals surface area contributed by atoms with Crippen molar-refractivity contribution in [3.8, 4) is 5.88 Å². The lowest BCUT2D eigenvalue weighted by Crippen LogP contribution is -2.02. The molecule has 0 bridgehead atoms. The van der Waals surface area contributed by atoms with Gasteiger partial charge >= 0.3 is 0 Å². The van der Waals surface area contributed by atoms with E-state index in [-0.39, 0.29) is 0 Å². The highest BCUT2D eigenvalue weighted by molar-refractivity contribution is 6.29. The summed E-state index contributed by atoms with van der Waals surface area (Å²) < 4.78 is 5.62. The Bertz CT molecular complexity index is 366. The van der Waals surface area contributed by atoms with Crippen molar-refractivity contribution in [1.29, 1.82) is 0 Å². The maximum Gasteiger partial charge on any atom is 0.218 e. The second-order valence-corrected chi connectivity index (χ2v) is 4.96. The third kappa shape index (κ3) is 4.15. The first kappa shape index (κ1) is 12.6. The van der Waals surface area contributed by atoms with E-state index in [2.05, 4.69) is 16.9 Å². The fraction of sp³-hybridized carbons (Fsp3) is 0.692. The summed E-state index contributed by atoms with van der Waals surface area (Å²) in [6.45, 7) is 2.92. The summed E-state index contributed by atoms with van der Waals surface area (Å²) in [5.74, 6) is 1.99. The third-order valence-corrected chi connectivity index (χ3v) is 3.07. The van der Waals surface area contributed by atoms with Crippen LogP contribution in [-0.2, 0) is 0 Å². The van der Waals surface area contributed by atoms with Gasteiger partial charge in [-0.2, -0.15) is 4.98 Å². The van der Waals surface area contributed by atoms with Gasteiger partial charge in [-0.05, 0) is 19.3 Å². The van der Waals surface area contributed by atoms with Crippen molar-refractivity contribution < 1.29 is 4.74 Å². The highest BCUT2D eigenvalue weighted by Gasteiger charge is 2.27. The molecule has 1 fully saturated rings. The topological polar surface area (TPSA) is 35.0 Å². The summed E-state index contributed by atoms with van der Waals surface area (Å²) in [5.41, 5.74) is 0. The number of ether oxygens (including phenoxy) is 1. The van der Waals surface area contributed by atoms with Crippen LogP contribution in [0.1, 0.15) is 57.2 Å². The molecule has 0 radical (unpaired) electrons. The summed E-state index contributed by atoms with van der Waals surface area (Å²) in [4.78, 5) is 8.62. The number of rotatable bonds is 7. The molecule has 0 spiro atoms. The van der Waals surface area contributed by atoms with Crippen LogP contribution in [0.4, 0.5) is 0 Å². The molecule has 1 aromatic rings. The molecule has 1 aliphatic rings. The van der Waals surface area contributed by atoms with Gasteiger partial charge in [0.2, 0.25) is 5.88 Å². The Morgan fingerprint density at radius 1 is 1.29 bits per heavy atom. The lowest BCUT2D eigenvalue weighted by atomic mass is 10.2. The Morgan fingerprint density at radius 2 is 2.12 bits per heavy atom. The predicted octanol–water partition coefficient (Wildman–Crippen LogP) is 3.97. The number of halogens is 1. The second-order valence-electron chi connectivity index (χ2n) is 4.57. The van der Waals surface area contributed by atoms with E-state index >= 15 is 0 Å². The molecule has 17 heavy (non-hydrogen) atoms. The predicted molar refractivity (Wildman–Crippen MR) is 68.7 cm³/mol. The standard InChI is InChI=1S/C13H19ClN2O/c1-2-3-4-5-8-17-12-9-11(14)15-13(16-12)10-6-7-10/h9-10H,2-8H2,1H3. The van der Waals surface area contributed by atoms with Crippen LogP contribution >= 0.6 is 11.6 Å². The van der Waals surface area contributed by atoms with Gasteiger partial charge in [0.15, 0.2) is 0 Å². The van der Waals surface area contributed by atoms with Crippen molar-refractivity contribution in [3.63, 3.8) is 0 Å². The van der Waals surface area contributed by atoms with Crippen molar-refractivity contribution in [1.82, 2.24) is 9.97 Å². The van der Waals surface area contributed by atoms with E-state index in [1.54, 1.807) is 6.07 Å². The van der Waals surface area contributed by atoms with E-state index in [9.17, 15) is 0 Å². The minimum absolute atomic E-state index is 0.491. The minimum atomic E-state index is 0.491. The monoisotopic (exact) mass is 254 g/mol. The van der Waals surface area contributed by atoms with Gasteiger partial charge in [-0.3, -0.25) is 0 Å². The normalized spacial score (nSPS) is 14.9. The molecule has 0 amide bonds. The van der Waals surface area contributed by atoms with Gasteiger partial charge < -0.3 is 4.74 Å². The molecular formula is C13H19ClN2O. The van der Waals surface area contributed by atoms with Gasteiger partial charge in [0, 0.05) is 12.0 Å². The molecular weight excluding hydrogens is 236 g/mol. The summed E-state index contributed by atoms with van der Waals surface area (Å²) in [6.07, 6.45) is 7.15. The van der Waals surface area contributed by atoms with Crippen LogP contribution < -0.4 is 4.74 Å². The highest BCUT2D eigenvalue weighted by Crippen LogP contribution is 2.38. The Balaban J connectivity index is 1.82. The van der Waals surface area contributed by atoms with Gasteiger partial charge in [-0.25, -0.2) is 4.98 Å². The van der Waals surface area contributed by atoms with E-state index in [4.69, 9.17) is 16.3 Å². The van der Waals surface area contributed by atoms with E-state index in [1.165, 1.54) is 32.1 Å². The van der Waals surface area contributed by atoms with Gasteiger partial charge in [0.25, 0.3) is 0 Å². The molecule has 4 heteroatoms. The third-order valence-electron chi connectivity index (χ3n) is 2.88. The van der Waals surface area contributed by atoms with Gasteiger partial charge in [-0.15, -0.1) is 0 Å². The van der Waals surface area contributed by atoms with Crippen molar-refractivity contribution in [3.05, 3.63) is 17.0 Å². The molecule has 3 nitrogen and oxygen atoms in total. The Hall–Kier alpha value is -0.830. The Labute approximate surface area is 108 Å². The summed E-state index contributed by atoms with van der Waals surface area (Å²) >= 11 is 5.95. The number of unbranched alkanes of at least 4 members (excludes halogenated alkanes) is 3. The number of aromatic nitrogens is 2. The Morgan fingerprint density at radius 3 is 2.82 bits per heavy atom. The molecule has 0 aliphatic heterocycles. The van der Waals surface area contributed by atoms with Gasteiger partial charge in [-0.1, -0.05) is 37.8 Å². The zero-order chi connectivity index (χ0) is 12.1. The first-order chi connectivity index (χ1) is 8.29. The molecule has 1 saturated carbocycles. The van der Waals surface area contributed by atoms with Crippen LogP contribution in [0.25, 0.3) is 0 Å². The van der Waals surface area contributed by atoms with Crippen molar-refractivity contribution in [2.24, 2.45) is 0 Å². The number of hydrogen-bond acceptors (Lipinski definition) is 3. The largest absolute Gasteiger partial charge is 0.478 e. The highest BCUT2D eigenvalue weighted by atomic mass is 35.5. The van der Waals surface area contributed by atoms with Crippen LogP contribution in [0.5, 0.6) is 5.88 Å². The SMILES string of the molecule is CCCCCCOc1cc(Cl)nc(C2CC2)n1. The van der Waals surface area contributed by atoms with Crippen molar-refractivity contribution in [2.75, 3.05) is 6.61 Å². The first-order valence-corrected chi connectivity index (χ1v) is 6.84. The quantitative estimate of drug-likeness (QED) is 0.546. The van der Waals surface area contributed by atoms with Crippen LogP contribution in [-0.4, -0.2) is 16.6 Å². The second kappa shape index (κ2) is 6.20. The minimum Gasteiger partial charge on any atom is -0.478 e. The lowest BCUT2D eigenvalue weighted by molar-refractivity contribution is 0.292. The van der Waals surface area contributed by atoms with E-state index in [1.807, 2.05) is 0 Å². The Kier molecular flexibility index (Phi) is 4.60. The maximum absolute atomic E-state index is 5.95. The van der Waals surface area contributed by atoms with Crippen LogP contribution in [0.3, 0.4) is 0 Å². The number of nitrogens with zero attached hydrogens (tertiary/aromatic N) is 2. The maximum atomic E-state index is 5.95. The van der Waals surface area contributed by atoms with E-state index in [0.29, 0.717) is 17.0 Å². The number of hydrogen-bond donors (Lipinski definition) is 0. The molecule has 0 aromatic carbocycles. The molecule has 2 rings (SSSR count). The average Bonchev–Trinajstić information content (AvgIpc) is 3.12. The fourth-order valence-corrected chi connectivity index (χ4v) is 1.90. The molecule has 0 saturated heterocycles. The molecule has 0 unspecified atom stereocenters. The molecule has 1 aliphatic carbocycles. The summed E-state index contributed by atoms with van der Waals surface area (Å²) in [5, 5.41) is 0.491. The zero-order valence-electron chi connectivity index (χ0n) is 10.3.